The van der Waals surface area contributed by atoms with Gasteiger partial charge in [-0.1, -0.05) is 48.5 Å². The Labute approximate surface area is 204 Å². The molecular weight excluding hydrogens is 442 g/mol. The third kappa shape index (κ3) is 3.79. The first-order valence-electron chi connectivity index (χ1n) is 12.5. The lowest BCUT2D eigenvalue weighted by atomic mass is 9.90. The van der Waals surface area contributed by atoms with Gasteiger partial charge in [-0.3, -0.25) is 4.68 Å². The summed E-state index contributed by atoms with van der Waals surface area (Å²) in [4.78, 5) is 26.7. The lowest BCUT2D eigenvalue weighted by Gasteiger charge is -2.31. The van der Waals surface area contributed by atoms with E-state index in [1.165, 1.54) is 22.3 Å². The summed E-state index contributed by atoms with van der Waals surface area (Å²) < 4.78 is 7.71. The number of carbonyl (C=O) groups excluding carboxylic acids is 1. The summed E-state index contributed by atoms with van der Waals surface area (Å²) in [6, 6.07) is 16.6. The molecule has 1 amide bonds. The van der Waals surface area contributed by atoms with Crippen molar-refractivity contribution in [1.29, 1.82) is 0 Å². The van der Waals surface area contributed by atoms with E-state index >= 15 is 0 Å². The van der Waals surface area contributed by atoms with Gasteiger partial charge in [0.25, 0.3) is 0 Å². The Morgan fingerprint density at radius 3 is 2.26 bits per heavy atom. The van der Waals surface area contributed by atoms with Crippen molar-refractivity contribution in [2.24, 2.45) is 0 Å². The van der Waals surface area contributed by atoms with Crippen LogP contribution < -0.4 is 0 Å². The first kappa shape index (κ1) is 21.9. The molecule has 2 aliphatic heterocycles. The van der Waals surface area contributed by atoms with E-state index in [4.69, 9.17) is 9.84 Å². The molecule has 0 unspecified atom stereocenters. The van der Waals surface area contributed by atoms with Crippen LogP contribution in [0.15, 0.2) is 48.5 Å². The summed E-state index contributed by atoms with van der Waals surface area (Å²) in [6.07, 6.45) is 3.90. The standard InChI is InChI=1S/C28H29N3O4/c32-27(33)25-24-11-5-6-14-31(24)29-26(25)18-12-15-30(16-13-18)28(34)35-17-23-21-9-3-1-7-19(21)20-8-2-4-10-22(20)23/h1-4,7-10,18,23H,5-6,11-17H2,(H,32,33). The van der Waals surface area contributed by atoms with Gasteiger partial charge in [-0.05, 0) is 54.4 Å². The molecule has 35 heavy (non-hydrogen) atoms. The van der Waals surface area contributed by atoms with E-state index in [9.17, 15) is 14.7 Å². The second kappa shape index (κ2) is 8.87. The van der Waals surface area contributed by atoms with Crippen molar-refractivity contribution in [3.8, 4) is 11.1 Å². The van der Waals surface area contributed by atoms with Crippen LogP contribution in [0.5, 0.6) is 0 Å². The van der Waals surface area contributed by atoms with Gasteiger partial charge in [0.2, 0.25) is 0 Å². The summed E-state index contributed by atoms with van der Waals surface area (Å²) >= 11 is 0. The van der Waals surface area contributed by atoms with Crippen molar-refractivity contribution in [1.82, 2.24) is 14.7 Å². The van der Waals surface area contributed by atoms with E-state index in [1.807, 2.05) is 28.9 Å². The molecule has 1 aliphatic carbocycles. The normalized spacial score (nSPS) is 17.5. The maximum atomic E-state index is 12.9. The molecule has 2 aromatic carbocycles. The van der Waals surface area contributed by atoms with E-state index in [0.717, 1.165) is 31.5 Å². The molecule has 3 heterocycles. The Balaban J connectivity index is 1.11. The fourth-order valence-electron chi connectivity index (χ4n) is 6.05. The third-order valence-corrected chi connectivity index (χ3v) is 7.81. The van der Waals surface area contributed by atoms with E-state index < -0.39 is 5.97 Å². The van der Waals surface area contributed by atoms with Crippen molar-refractivity contribution in [3.05, 3.63) is 76.6 Å². The van der Waals surface area contributed by atoms with Gasteiger partial charge in [-0.2, -0.15) is 5.10 Å². The van der Waals surface area contributed by atoms with Crippen molar-refractivity contribution < 1.29 is 19.4 Å². The third-order valence-electron chi connectivity index (χ3n) is 7.81. The quantitative estimate of drug-likeness (QED) is 0.576. The van der Waals surface area contributed by atoms with Crippen LogP contribution in [0.3, 0.4) is 0 Å². The lowest BCUT2D eigenvalue weighted by Crippen LogP contribution is -2.39. The summed E-state index contributed by atoms with van der Waals surface area (Å²) in [7, 11) is 0. The molecule has 3 aliphatic rings. The number of piperidine rings is 1. The van der Waals surface area contributed by atoms with Crippen LogP contribution in [0, 0.1) is 0 Å². The lowest BCUT2D eigenvalue weighted by molar-refractivity contribution is 0.0690. The molecule has 1 aromatic heterocycles. The van der Waals surface area contributed by atoms with Crippen LogP contribution in [0.2, 0.25) is 0 Å². The first-order valence-corrected chi connectivity index (χ1v) is 12.5. The van der Waals surface area contributed by atoms with Gasteiger partial charge in [0.05, 0.1) is 11.4 Å². The topological polar surface area (TPSA) is 84.7 Å². The van der Waals surface area contributed by atoms with E-state index in [0.29, 0.717) is 43.8 Å². The highest BCUT2D eigenvalue weighted by molar-refractivity contribution is 5.90. The molecule has 0 radical (unpaired) electrons. The number of carbonyl (C=O) groups is 2. The van der Waals surface area contributed by atoms with E-state index in [2.05, 4.69) is 24.3 Å². The van der Waals surface area contributed by atoms with Crippen LogP contribution >= 0.6 is 0 Å². The maximum Gasteiger partial charge on any atom is 0.409 e. The van der Waals surface area contributed by atoms with Crippen LogP contribution in [-0.2, 0) is 17.7 Å². The fraction of sp³-hybridized carbons (Fsp3) is 0.393. The van der Waals surface area contributed by atoms with Crippen LogP contribution in [0.25, 0.3) is 11.1 Å². The second-order valence-corrected chi connectivity index (χ2v) is 9.76. The number of carboxylic acids is 1. The summed E-state index contributed by atoms with van der Waals surface area (Å²) in [5.41, 5.74) is 6.77. The Morgan fingerprint density at radius 1 is 0.943 bits per heavy atom. The van der Waals surface area contributed by atoms with Gasteiger partial charge < -0.3 is 14.7 Å². The highest BCUT2D eigenvalue weighted by atomic mass is 16.6. The molecule has 1 N–H and O–H groups in total. The predicted molar refractivity (Wildman–Crippen MR) is 131 cm³/mol. The average Bonchev–Trinajstić information content (AvgIpc) is 3.44. The van der Waals surface area contributed by atoms with Gasteiger partial charge in [0, 0.05) is 31.5 Å². The van der Waals surface area contributed by atoms with Crippen LogP contribution in [-0.4, -0.2) is 51.5 Å². The molecule has 7 nitrogen and oxygen atoms in total. The Morgan fingerprint density at radius 2 is 1.60 bits per heavy atom. The Bertz CT molecular complexity index is 1240. The molecule has 0 bridgehead atoms. The van der Waals surface area contributed by atoms with Gasteiger partial charge >= 0.3 is 12.1 Å². The van der Waals surface area contributed by atoms with Gasteiger partial charge in [-0.25, -0.2) is 9.59 Å². The Hall–Kier alpha value is -3.61. The fourth-order valence-corrected chi connectivity index (χ4v) is 6.05. The molecule has 6 rings (SSSR count). The number of aromatic nitrogens is 2. The molecule has 1 fully saturated rings. The number of rotatable bonds is 4. The number of amides is 1. The van der Waals surface area contributed by atoms with Gasteiger partial charge in [-0.15, -0.1) is 0 Å². The highest BCUT2D eigenvalue weighted by Gasteiger charge is 2.34. The minimum absolute atomic E-state index is 0.0406. The van der Waals surface area contributed by atoms with Gasteiger partial charge in [0.15, 0.2) is 0 Å². The molecule has 0 atom stereocenters. The SMILES string of the molecule is O=C(O)c1c(C2CCN(C(=O)OCC3c4ccccc4-c4ccccc43)CC2)nn2c1CCCC2. The zero-order valence-electron chi connectivity index (χ0n) is 19.7. The van der Waals surface area contributed by atoms with Crippen LogP contribution in [0.4, 0.5) is 4.79 Å². The summed E-state index contributed by atoms with van der Waals surface area (Å²) in [6.45, 7) is 2.18. The molecule has 180 valence electrons. The Kier molecular flexibility index (Phi) is 5.55. The number of hydrogen-bond acceptors (Lipinski definition) is 4. The minimum atomic E-state index is -0.887. The number of aromatic carboxylic acids is 1. The number of hydrogen-bond donors (Lipinski definition) is 1. The average molecular weight is 472 g/mol. The predicted octanol–water partition coefficient (Wildman–Crippen LogP) is 5.05. The van der Waals surface area contributed by atoms with Crippen molar-refractivity contribution in [2.75, 3.05) is 19.7 Å². The second-order valence-electron chi connectivity index (χ2n) is 9.76. The maximum absolute atomic E-state index is 12.9. The zero-order valence-corrected chi connectivity index (χ0v) is 19.7. The molecule has 0 spiro atoms. The van der Waals surface area contributed by atoms with Gasteiger partial charge in [0.1, 0.15) is 12.2 Å². The van der Waals surface area contributed by atoms with Crippen molar-refractivity contribution in [3.63, 3.8) is 0 Å². The number of fused-ring (bicyclic) bond motifs is 4. The number of benzene rings is 2. The highest BCUT2D eigenvalue weighted by Crippen LogP contribution is 2.44. The first-order chi connectivity index (χ1) is 17.1. The van der Waals surface area contributed by atoms with Crippen LogP contribution in [0.1, 0.15) is 70.4 Å². The largest absolute Gasteiger partial charge is 0.478 e. The minimum Gasteiger partial charge on any atom is -0.478 e. The summed E-state index contributed by atoms with van der Waals surface area (Å²) in [5, 5.41) is 14.6. The number of ether oxygens (including phenoxy) is 1. The van der Waals surface area contributed by atoms with E-state index in [-0.39, 0.29) is 17.9 Å². The molecular formula is C28H29N3O4. The number of likely N-dealkylation sites (tertiary alicyclic amines) is 1. The number of carboxylic acid groups (broad SMARTS) is 1. The number of nitrogens with zero attached hydrogens (tertiary/aromatic N) is 3. The van der Waals surface area contributed by atoms with Crippen molar-refractivity contribution >= 4 is 12.1 Å². The number of aryl methyl sites for hydroxylation is 1. The molecule has 0 saturated carbocycles. The summed E-state index contributed by atoms with van der Waals surface area (Å²) in [5.74, 6) is -0.794. The smallest absolute Gasteiger partial charge is 0.409 e. The molecule has 7 heteroatoms. The van der Waals surface area contributed by atoms with E-state index in [1.54, 1.807) is 4.90 Å². The zero-order chi connectivity index (χ0) is 23.9. The molecule has 1 saturated heterocycles. The van der Waals surface area contributed by atoms with Crippen molar-refractivity contribution in [2.45, 2.75) is 50.5 Å². The molecule has 3 aromatic rings. The monoisotopic (exact) mass is 471 g/mol.